The molecule has 2 N–H and O–H groups in total. The Morgan fingerprint density at radius 2 is 1.56 bits per heavy atom. The van der Waals surface area contributed by atoms with E-state index in [9.17, 15) is 13.2 Å². The van der Waals surface area contributed by atoms with E-state index < -0.39 is 23.2 Å². The van der Waals surface area contributed by atoms with E-state index >= 15 is 0 Å². The molecule has 2 nitrogen and oxygen atoms in total. The summed E-state index contributed by atoms with van der Waals surface area (Å²) in [4.78, 5) is 0. The average Bonchev–Trinajstić information content (AvgIpc) is 2.22. The van der Waals surface area contributed by atoms with Crippen molar-refractivity contribution < 1.29 is 17.9 Å². The summed E-state index contributed by atoms with van der Waals surface area (Å²) in [6.07, 6.45) is 0. The lowest BCUT2D eigenvalue weighted by molar-refractivity contribution is 0.405. The molecule has 0 bridgehead atoms. The predicted octanol–water partition coefficient (Wildman–Crippen LogP) is 4.24. The minimum absolute atomic E-state index is 0.0237. The van der Waals surface area contributed by atoms with Gasteiger partial charge in [-0.25, -0.2) is 13.2 Å². The molecular weight excluding hydrogens is 311 g/mol. The van der Waals surface area contributed by atoms with E-state index in [1.165, 1.54) is 12.1 Å². The first-order chi connectivity index (χ1) is 8.45. The smallest absolute Gasteiger partial charge is 0.198 e. The molecule has 0 aromatic heterocycles. The Hall–Kier alpha value is -1.69. The van der Waals surface area contributed by atoms with Crippen molar-refractivity contribution in [2.75, 3.05) is 5.73 Å². The highest BCUT2D eigenvalue weighted by atomic mass is 79.9. The number of nitrogen functional groups attached to an aromatic ring is 1. The van der Waals surface area contributed by atoms with Crippen molar-refractivity contribution in [3.8, 4) is 11.5 Å². The van der Waals surface area contributed by atoms with Gasteiger partial charge in [0.25, 0.3) is 0 Å². The zero-order valence-corrected chi connectivity index (χ0v) is 10.5. The van der Waals surface area contributed by atoms with E-state index in [4.69, 9.17) is 10.5 Å². The fourth-order valence-corrected chi connectivity index (χ4v) is 1.83. The van der Waals surface area contributed by atoms with Crippen LogP contribution < -0.4 is 10.5 Å². The first kappa shape index (κ1) is 12.8. The van der Waals surface area contributed by atoms with Crippen LogP contribution in [0.3, 0.4) is 0 Å². The van der Waals surface area contributed by atoms with Crippen molar-refractivity contribution in [3.05, 3.63) is 52.3 Å². The average molecular weight is 318 g/mol. The standard InChI is InChI=1S/C12H7BrF3NO/c13-6-1-7(14)3-9(2-6)18-12-10(15)4-8(17)5-11(12)16/h1-5H,17H2. The summed E-state index contributed by atoms with van der Waals surface area (Å²) in [5.74, 6) is -3.14. The number of halogens is 4. The van der Waals surface area contributed by atoms with Crippen LogP contribution in [0, 0.1) is 17.5 Å². The quantitative estimate of drug-likeness (QED) is 0.841. The van der Waals surface area contributed by atoms with Crippen LogP contribution in [0.1, 0.15) is 0 Å². The summed E-state index contributed by atoms with van der Waals surface area (Å²) in [6.45, 7) is 0. The first-order valence-electron chi connectivity index (χ1n) is 4.84. The van der Waals surface area contributed by atoms with E-state index in [-0.39, 0.29) is 11.4 Å². The Balaban J connectivity index is 2.40. The Bertz CT molecular complexity index is 561. The molecule has 0 atom stereocenters. The molecule has 0 aliphatic rings. The molecule has 0 saturated carbocycles. The third kappa shape index (κ3) is 2.76. The molecular formula is C12H7BrF3NO. The molecule has 0 aliphatic carbocycles. The normalized spacial score (nSPS) is 10.4. The van der Waals surface area contributed by atoms with Gasteiger partial charge in [0.2, 0.25) is 0 Å². The Morgan fingerprint density at radius 1 is 0.944 bits per heavy atom. The SMILES string of the molecule is Nc1cc(F)c(Oc2cc(F)cc(Br)c2)c(F)c1. The Kier molecular flexibility index (Phi) is 3.47. The van der Waals surface area contributed by atoms with Crippen molar-refractivity contribution in [2.24, 2.45) is 0 Å². The molecule has 94 valence electrons. The van der Waals surface area contributed by atoms with Gasteiger partial charge >= 0.3 is 0 Å². The molecule has 2 aromatic carbocycles. The molecule has 0 aliphatic heterocycles. The van der Waals surface area contributed by atoms with Gasteiger partial charge in [-0.3, -0.25) is 0 Å². The summed E-state index contributed by atoms with van der Waals surface area (Å²) < 4.78 is 45.4. The number of hydrogen-bond donors (Lipinski definition) is 1. The minimum atomic E-state index is -0.951. The molecule has 2 rings (SSSR count). The maximum absolute atomic E-state index is 13.4. The van der Waals surface area contributed by atoms with Crippen molar-refractivity contribution in [3.63, 3.8) is 0 Å². The van der Waals surface area contributed by atoms with Crippen LogP contribution in [0.25, 0.3) is 0 Å². The van der Waals surface area contributed by atoms with Crippen LogP contribution in [0.4, 0.5) is 18.9 Å². The number of anilines is 1. The number of hydrogen-bond acceptors (Lipinski definition) is 2. The summed E-state index contributed by atoms with van der Waals surface area (Å²) >= 11 is 3.05. The predicted molar refractivity (Wildman–Crippen MR) is 64.9 cm³/mol. The van der Waals surface area contributed by atoms with E-state index in [1.54, 1.807) is 0 Å². The van der Waals surface area contributed by atoms with Gasteiger partial charge in [0.1, 0.15) is 11.6 Å². The third-order valence-electron chi connectivity index (χ3n) is 2.08. The van der Waals surface area contributed by atoms with Gasteiger partial charge in [-0.2, -0.15) is 0 Å². The summed E-state index contributed by atoms with van der Waals surface area (Å²) in [5.41, 5.74) is 5.21. The van der Waals surface area contributed by atoms with Gasteiger partial charge in [0.15, 0.2) is 17.4 Å². The highest BCUT2D eigenvalue weighted by Crippen LogP contribution is 2.31. The largest absolute Gasteiger partial charge is 0.451 e. The lowest BCUT2D eigenvalue weighted by Gasteiger charge is -2.09. The third-order valence-corrected chi connectivity index (χ3v) is 2.53. The molecule has 18 heavy (non-hydrogen) atoms. The second-order valence-corrected chi connectivity index (χ2v) is 4.44. The van der Waals surface area contributed by atoms with E-state index in [2.05, 4.69) is 15.9 Å². The number of rotatable bonds is 2. The van der Waals surface area contributed by atoms with Crippen LogP contribution in [-0.2, 0) is 0 Å². The molecule has 0 amide bonds. The van der Waals surface area contributed by atoms with Crippen molar-refractivity contribution in [1.82, 2.24) is 0 Å². The van der Waals surface area contributed by atoms with Crippen molar-refractivity contribution in [2.45, 2.75) is 0 Å². The number of nitrogens with two attached hydrogens (primary N) is 1. The molecule has 6 heteroatoms. The van der Waals surface area contributed by atoms with Crippen LogP contribution in [-0.4, -0.2) is 0 Å². The van der Waals surface area contributed by atoms with Crippen LogP contribution in [0.2, 0.25) is 0 Å². The number of benzene rings is 2. The first-order valence-corrected chi connectivity index (χ1v) is 5.63. The van der Waals surface area contributed by atoms with Gasteiger partial charge in [-0.1, -0.05) is 15.9 Å². The monoisotopic (exact) mass is 317 g/mol. The van der Waals surface area contributed by atoms with Gasteiger partial charge in [-0.15, -0.1) is 0 Å². The lowest BCUT2D eigenvalue weighted by Crippen LogP contribution is -1.96. The van der Waals surface area contributed by atoms with Gasteiger partial charge < -0.3 is 10.5 Å². The zero-order valence-electron chi connectivity index (χ0n) is 8.88. The van der Waals surface area contributed by atoms with E-state index in [0.717, 1.165) is 18.2 Å². The Labute approximate surface area is 109 Å². The zero-order chi connectivity index (χ0) is 13.3. The second-order valence-electron chi connectivity index (χ2n) is 3.52. The van der Waals surface area contributed by atoms with E-state index in [0.29, 0.717) is 4.47 Å². The fourth-order valence-electron chi connectivity index (χ4n) is 1.38. The fraction of sp³-hybridized carbons (Fsp3) is 0. The number of ether oxygens (including phenoxy) is 1. The molecule has 0 radical (unpaired) electrons. The van der Waals surface area contributed by atoms with Crippen LogP contribution in [0.15, 0.2) is 34.8 Å². The van der Waals surface area contributed by atoms with Crippen LogP contribution >= 0.6 is 15.9 Å². The topological polar surface area (TPSA) is 35.2 Å². The molecule has 0 spiro atoms. The van der Waals surface area contributed by atoms with Crippen molar-refractivity contribution >= 4 is 21.6 Å². The highest BCUT2D eigenvalue weighted by molar-refractivity contribution is 9.10. The Morgan fingerprint density at radius 3 is 2.11 bits per heavy atom. The molecule has 0 saturated heterocycles. The van der Waals surface area contributed by atoms with Gasteiger partial charge in [0.05, 0.1) is 0 Å². The molecule has 0 unspecified atom stereocenters. The summed E-state index contributed by atoms with van der Waals surface area (Å²) in [5, 5.41) is 0. The molecule has 0 fully saturated rings. The maximum atomic E-state index is 13.4. The second kappa shape index (κ2) is 4.89. The minimum Gasteiger partial charge on any atom is -0.451 e. The van der Waals surface area contributed by atoms with E-state index in [1.807, 2.05) is 0 Å². The van der Waals surface area contributed by atoms with Crippen LogP contribution in [0.5, 0.6) is 11.5 Å². The summed E-state index contributed by atoms with van der Waals surface area (Å²) in [7, 11) is 0. The highest BCUT2D eigenvalue weighted by Gasteiger charge is 2.13. The van der Waals surface area contributed by atoms with Gasteiger partial charge in [-0.05, 0) is 12.1 Å². The van der Waals surface area contributed by atoms with Gasteiger partial charge in [0, 0.05) is 28.4 Å². The molecule has 0 heterocycles. The summed E-state index contributed by atoms with van der Waals surface area (Å²) in [6, 6.07) is 5.44. The maximum Gasteiger partial charge on any atom is 0.198 e. The molecule has 2 aromatic rings. The lowest BCUT2D eigenvalue weighted by atomic mass is 10.2. The van der Waals surface area contributed by atoms with Crippen molar-refractivity contribution in [1.29, 1.82) is 0 Å².